The Morgan fingerprint density at radius 1 is 1.48 bits per heavy atom. The first-order valence-electron chi connectivity index (χ1n) is 7.83. The maximum atomic E-state index is 5.69. The van der Waals surface area contributed by atoms with Crippen molar-refractivity contribution in [1.29, 1.82) is 0 Å². The van der Waals surface area contributed by atoms with E-state index in [1.54, 1.807) is 0 Å². The second kappa shape index (κ2) is 7.34. The molecule has 0 amide bonds. The second-order valence-electron chi connectivity index (χ2n) is 6.13. The number of thiocarbonyl (C=S) groups is 1. The van der Waals surface area contributed by atoms with Gasteiger partial charge in [-0.05, 0) is 57.1 Å². The minimum Gasteiger partial charge on any atom is -0.389 e. The molecule has 21 heavy (non-hydrogen) atoms. The van der Waals surface area contributed by atoms with Crippen LogP contribution < -0.4 is 5.73 Å². The van der Waals surface area contributed by atoms with Crippen LogP contribution >= 0.6 is 12.2 Å². The van der Waals surface area contributed by atoms with Gasteiger partial charge in [0.15, 0.2) is 0 Å². The van der Waals surface area contributed by atoms with Crippen LogP contribution in [0, 0.1) is 6.92 Å². The maximum Gasteiger partial charge on any atom is 0.103 e. The molecule has 116 valence electrons. The van der Waals surface area contributed by atoms with Crippen LogP contribution in [0.3, 0.4) is 0 Å². The van der Waals surface area contributed by atoms with E-state index < -0.39 is 0 Å². The van der Waals surface area contributed by atoms with Gasteiger partial charge < -0.3 is 10.6 Å². The highest BCUT2D eigenvalue weighted by Gasteiger charge is 2.24. The minimum absolute atomic E-state index is 0.475. The number of likely N-dealkylation sites (N-methyl/N-ethyl adjacent to an activating group) is 2. The smallest absolute Gasteiger partial charge is 0.103 e. The molecule has 1 atom stereocenters. The van der Waals surface area contributed by atoms with E-state index in [1.807, 2.05) is 6.07 Å². The van der Waals surface area contributed by atoms with Crippen LogP contribution in [0.25, 0.3) is 0 Å². The van der Waals surface area contributed by atoms with Gasteiger partial charge in [0.25, 0.3) is 0 Å². The Hall–Kier alpha value is -0.970. The van der Waals surface area contributed by atoms with E-state index >= 15 is 0 Å². The van der Waals surface area contributed by atoms with Gasteiger partial charge in [-0.25, -0.2) is 0 Å². The molecule has 0 aromatic heterocycles. The van der Waals surface area contributed by atoms with Gasteiger partial charge >= 0.3 is 0 Å². The molecule has 0 aliphatic carbocycles. The van der Waals surface area contributed by atoms with Crippen LogP contribution in [0.1, 0.15) is 36.5 Å². The largest absolute Gasteiger partial charge is 0.389 e. The molecule has 0 bridgehead atoms. The average molecular weight is 305 g/mol. The van der Waals surface area contributed by atoms with Gasteiger partial charge in [-0.3, -0.25) is 4.90 Å². The molecule has 1 heterocycles. The summed E-state index contributed by atoms with van der Waals surface area (Å²) in [5.74, 6) is 0. The van der Waals surface area contributed by atoms with E-state index in [0.717, 1.165) is 24.7 Å². The number of hydrogen-bond donors (Lipinski definition) is 1. The molecule has 0 saturated carbocycles. The van der Waals surface area contributed by atoms with Gasteiger partial charge in [-0.1, -0.05) is 31.3 Å². The summed E-state index contributed by atoms with van der Waals surface area (Å²) >= 11 is 5.04. The van der Waals surface area contributed by atoms with Crippen molar-refractivity contribution < 1.29 is 0 Å². The first-order chi connectivity index (χ1) is 10.0. The van der Waals surface area contributed by atoms with Crippen molar-refractivity contribution in [3.63, 3.8) is 0 Å². The van der Waals surface area contributed by atoms with E-state index in [2.05, 4.69) is 42.8 Å². The highest BCUT2D eigenvalue weighted by molar-refractivity contribution is 7.80. The third-order valence-electron chi connectivity index (χ3n) is 4.50. The van der Waals surface area contributed by atoms with Gasteiger partial charge in [0.1, 0.15) is 4.99 Å². The van der Waals surface area contributed by atoms with Crippen LogP contribution in [0.15, 0.2) is 18.2 Å². The van der Waals surface area contributed by atoms with Crippen LogP contribution in [-0.4, -0.2) is 47.5 Å². The molecule has 1 aliphatic heterocycles. The average Bonchev–Trinajstić information content (AvgIpc) is 2.87. The summed E-state index contributed by atoms with van der Waals surface area (Å²) in [6.07, 6.45) is 2.67. The quantitative estimate of drug-likeness (QED) is 0.819. The van der Waals surface area contributed by atoms with Crippen molar-refractivity contribution in [3.8, 4) is 0 Å². The molecule has 0 spiro atoms. The van der Waals surface area contributed by atoms with Gasteiger partial charge in [0.05, 0.1) is 0 Å². The van der Waals surface area contributed by atoms with E-state index in [1.165, 1.54) is 37.1 Å². The summed E-state index contributed by atoms with van der Waals surface area (Å²) in [5, 5.41) is 0. The van der Waals surface area contributed by atoms with E-state index in [4.69, 9.17) is 18.0 Å². The monoisotopic (exact) mass is 305 g/mol. The van der Waals surface area contributed by atoms with Crippen LogP contribution in [0.5, 0.6) is 0 Å². The molecule has 1 aromatic rings. The Labute approximate surface area is 134 Å². The fraction of sp³-hybridized carbons (Fsp3) is 0.588. The Morgan fingerprint density at radius 3 is 2.86 bits per heavy atom. The standard InChI is InChI=1S/C17H27N3S/c1-4-20-9-5-6-16(20)12-19(3)11-15-8-7-14(17(18)21)10-13(15)2/h7-8,10,16H,4-6,9,11-12H2,1-3H3,(H2,18,21). The number of hydrogen-bond acceptors (Lipinski definition) is 3. The molecule has 1 unspecified atom stereocenters. The van der Waals surface area contributed by atoms with Crippen molar-refractivity contribution in [2.75, 3.05) is 26.7 Å². The number of aryl methyl sites for hydroxylation is 1. The highest BCUT2D eigenvalue weighted by atomic mass is 32.1. The first kappa shape index (κ1) is 16.4. The normalized spacial score (nSPS) is 19.3. The van der Waals surface area contributed by atoms with Crippen LogP contribution in [0.2, 0.25) is 0 Å². The molecule has 2 N–H and O–H groups in total. The van der Waals surface area contributed by atoms with Crippen molar-refractivity contribution >= 4 is 17.2 Å². The number of rotatable bonds is 6. The predicted molar refractivity (Wildman–Crippen MR) is 93.7 cm³/mol. The van der Waals surface area contributed by atoms with Crippen molar-refractivity contribution in [2.24, 2.45) is 5.73 Å². The lowest BCUT2D eigenvalue weighted by atomic mass is 10.0. The number of nitrogens with zero attached hydrogens (tertiary/aromatic N) is 2. The van der Waals surface area contributed by atoms with Crippen molar-refractivity contribution in [1.82, 2.24) is 9.80 Å². The topological polar surface area (TPSA) is 32.5 Å². The molecule has 3 nitrogen and oxygen atoms in total. The summed E-state index contributed by atoms with van der Waals surface area (Å²) in [6, 6.07) is 7.01. The van der Waals surface area contributed by atoms with E-state index in [0.29, 0.717) is 4.99 Å². The number of benzene rings is 1. The maximum absolute atomic E-state index is 5.69. The lowest BCUT2D eigenvalue weighted by Gasteiger charge is -2.28. The summed E-state index contributed by atoms with van der Waals surface area (Å²) in [7, 11) is 2.22. The zero-order valence-electron chi connectivity index (χ0n) is 13.4. The SMILES string of the molecule is CCN1CCCC1CN(C)Cc1ccc(C(N)=S)cc1C. The Kier molecular flexibility index (Phi) is 5.73. The Morgan fingerprint density at radius 2 is 2.24 bits per heavy atom. The molecule has 1 aliphatic rings. The molecular formula is C17H27N3S. The Balaban J connectivity index is 1.96. The van der Waals surface area contributed by atoms with Gasteiger partial charge in [0.2, 0.25) is 0 Å². The molecule has 1 aromatic carbocycles. The van der Waals surface area contributed by atoms with Crippen LogP contribution in [-0.2, 0) is 6.54 Å². The summed E-state index contributed by atoms with van der Waals surface area (Å²) in [5.41, 5.74) is 9.28. The number of nitrogens with two attached hydrogens (primary N) is 1. The highest BCUT2D eigenvalue weighted by Crippen LogP contribution is 2.19. The summed E-state index contributed by atoms with van der Waals surface area (Å²) in [4.78, 5) is 5.50. The Bertz CT molecular complexity index is 501. The fourth-order valence-electron chi connectivity index (χ4n) is 3.26. The van der Waals surface area contributed by atoms with Gasteiger partial charge in [0, 0.05) is 24.7 Å². The third kappa shape index (κ3) is 4.25. The predicted octanol–water partition coefficient (Wildman–Crippen LogP) is 2.55. The third-order valence-corrected chi connectivity index (χ3v) is 4.73. The fourth-order valence-corrected chi connectivity index (χ4v) is 3.39. The van der Waals surface area contributed by atoms with E-state index in [-0.39, 0.29) is 0 Å². The molecule has 0 radical (unpaired) electrons. The first-order valence-corrected chi connectivity index (χ1v) is 8.24. The van der Waals surface area contributed by atoms with Crippen molar-refractivity contribution in [3.05, 3.63) is 34.9 Å². The zero-order chi connectivity index (χ0) is 15.4. The zero-order valence-corrected chi connectivity index (χ0v) is 14.2. The van der Waals surface area contributed by atoms with Crippen molar-refractivity contribution in [2.45, 2.75) is 39.3 Å². The minimum atomic E-state index is 0.475. The lowest BCUT2D eigenvalue weighted by Crippen LogP contribution is -2.38. The molecule has 4 heteroatoms. The summed E-state index contributed by atoms with van der Waals surface area (Å²) < 4.78 is 0. The molecule has 1 saturated heterocycles. The van der Waals surface area contributed by atoms with Crippen LogP contribution in [0.4, 0.5) is 0 Å². The molecular weight excluding hydrogens is 278 g/mol. The molecule has 1 fully saturated rings. The lowest BCUT2D eigenvalue weighted by molar-refractivity contribution is 0.194. The second-order valence-corrected chi connectivity index (χ2v) is 6.57. The number of likely N-dealkylation sites (tertiary alicyclic amines) is 1. The molecule has 2 rings (SSSR count). The van der Waals surface area contributed by atoms with Gasteiger partial charge in [-0.2, -0.15) is 0 Å². The van der Waals surface area contributed by atoms with E-state index in [9.17, 15) is 0 Å². The van der Waals surface area contributed by atoms with Gasteiger partial charge in [-0.15, -0.1) is 0 Å². The summed E-state index contributed by atoms with van der Waals surface area (Å²) in [6.45, 7) is 8.95.